The highest BCUT2D eigenvalue weighted by atomic mass is 32.2. The summed E-state index contributed by atoms with van der Waals surface area (Å²) in [4.78, 5) is 35.8. The molecular weight excluding hydrogens is 648 g/mol. The number of benzene rings is 3. The van der Waals surface area contributed by atoms with E-state index < -0.39 is 51.3 Å². The molecule has 2 atom stereocenters. The molecule has 256 valence electrons. The van der Waals surface area contributed by atoms with Gasteiger partial charge in [-0.2, -0.15) is 4.31 Å². The first-order valence-electron chi connectivity index (χ1n) is 15.3. The summed E-state index contributed by atoms with van der Waals surface area (Å²) < 4.78 is 56.6. The first kappa shape index (κ1) is 34.4. The highest BCUT2D eigenvalue weighted by Gasteiger charge is 2.41. The van der Waals surface area contributed by atoms with Gasteiger partial charge in [0.05, 0.1) is 30.6 Å². The van der Waals surface area contributed by atoms with Gasteiger partial charge in [0.15, 0.2) is 18.1 Å². The van der Waals surface area contributed by atoms with Gasteiger partial charge in [0.25, 0.3) is 0 Å². The number of aliphatic carboxylic acids is 1. The van der Waals surface area contributed by atoms with E-state index in [9.17, 15) is 28.1 Å². The van der Waals surface area contributed by atoms with Crippen LogP contribution in [-0.4, -0.2) is 74.7 Å². The number of esters is 1. The molecule has 0 saturated carbocycles. The molecule has 15 heteroatoms. The van der Waals surface area contributed by atoms with Crippen molar-refractivity contribution in [1.29, 1.82) is 0 Å². The Morgan fingerprint density at radius 1 is 1.08 bits per heavy atom. The first-order chi connectivity index (χ1) is 23.0. The van der Waals surface area contributed by atoms with E-state index in [1.807, 2.05) is 6.07 Å². The lowest BCUT2D eigenvalue weighted by Gasteiger charge is -2.34. The zero-order chi connectivity index (χ0) is 34.4. The van der Waals surface area contributed by atoms with Crippen molar-refractivity contribution in [3.8, 4) is 23.0 Å². The van der Waals surface area contributed by atoms with Crippen molar-refractivity contribution in [2.45, 2.75) is 55.6 Å². The quantitative estimate of drug-likeness (QED) is 0.143. The number of hydrogen-bond acceptors (Lipinski definition) is 11. The number of sulfonamides is 1. The minimum absolute atomic E-state index is 0.0261. The Hall–Kier alpha value is -4.89. The van der Waals surface area contributed by atoms with Gasteiger partial charge in [-0.3, -0.25) is 14.9 Å². The number of nitro groups is 1. The van der Waals surface area contributed by atoms with Crippen LogP contribution in [0.2, 0.25) is 0 Å². The number of aryl methyl sites for hydroxylation is 1. The molecule has 0 amide bonds. The van der Waals surface area contributed by atoms with Crippen LogP contribution in [0.1, 0.15) is 48.5 Å². The van der Waals surface area contributed by atoms with Gasteiger partial charge >= 0.3 is 17.6 Å². The zero-order valence-corrected chi connectivity index (χ0v) is 27.3. The van der Waals surface area contributed by atoms with E-state index in [0.29, 0.717) is 48.3 Å². The number of carboxylic acids is 1. The second-order valence-corrected chi connectivity index (χ2v) is 13.2. The number of carbonyl (C=O) groups excluding carboxylic acids is 1. The zero-order valence-electron chi connectivity index (χ0n) is 26.5. The second-order valence-electron chi connectivity index (χ2n) is 11.3. The lowest BCUT2D eigenvalue weighted by Crippen LogP contribution is -2.48. The lowest BCUT2D eigenvalue weighted by atomic mass is 10.00. The molecule has 2 aliphatic rings. The number of nitrogens with zero attached hydrogens (tertiary/aromatic N) is 2. The first-order valence-corrected chi connectivity index (χ1v) is 16.8. The SMILES string of the molecule is COc1ccc(CC[C@@H](OC(=O)[C@@H]2CCCCN2S(=O)(=O)c2cc3c(c([N+](=O)[O-])c2)OCC3)c2cccc(OCC(=O)O)c2)cc1OC. The normalized spacial score (nSPS) is 16.7. The van der Waals surface area contributed by atoms with Gasteiger partial charge in [0, 0.05) is 24.6 Å². The van der Waals surface area contributed by atoms with Crippen molar-refractivity contribution in [3.63, 3.8) is 0 Å². The van der Waals surface area contributed by atoms with Crippen LogP contribution in [0, 0.1) is 10.1 Å². The number of hydrogen-bond donors (Lipinski definition) is 1. The van der Waals surface area contributed by atoms with Crippen molar-refractivity contribution in [2.75, 3.05) is 34.0 Å². The molecule has 0 aromatic heterocycles. The molecular formula is C33H36N2O12S. The van der Waals surface area contributed by atoms with E-state index in [0.717, 1.165) is 15.9 Å². The second kappa shape index (κ2) is 14.9. The third-order valence-electron chi connectivity index (χ3n) is 8.26. The summed E-state index contributed by atoms with van der Waals surface area (Å²) in [5.74, 6) is -0.545. The summed E-state index contributed by atoms with van der Waals surface area (Å²) in [5, 5.41) is 20.8. The number of piperidine rings is 1. The number of fused-ring (bicyclic) bond motifs is 1. The van der Waals surface area contributed by atoms with Crippen molar-refractivity contribution in [3.05, 3.63) is 81.4 Å². The van der Waals surface area contributed by atoms with E-state index in [1.165, 1.54) is 20.3 Å². The van der Waals surface area contributed by atoms with Gasteiger partial charge in [-0.25, -0.2) is 13.2 Å². The highest BCUT2D eigenvalue weighted by molar-refractivity contribution is 7.89. The summed E-state index contributed by atoms with van der Waals surface area (Å²) in [6, 6.07) is 13.1. The Balaban J connectivity index is 1.43. The standard InChI is InChI=1S/C33H36N2O12S/c1-43-29-12-10-21(16-30(29)44-2)9-11-28(22-6-5-7-24(17-22)46-20-31(36)37)47-33(38)26-8-3-4-14-34(26)48(41,42)25-18-23-13-15-45-32(23)27(19-25)35(39)40/h5-7,10,12,16-19,26,28H,3-4,8-9,11,13-15,20H2,1-2H3,(H,36,37)/t26-,28+/m0/s1. The number of carboxylic acid groups (broad SMARTS) is 1. The summed E-state index contributed by atoms with van der Waals surface area (Å²) in [5.41, 5.74) is 1.35. The largest absolute Gasteiger partial charge is 0.493 e. The average molecular weight is 685 g/mol. The fourth-order valence-electron chi connectivity index (χ4n) is 5.90. The van der Waals surface area contributed by atoms with Crippen molar-refractivity contribution < 1.29 is 51.7 Å². The molecule has 48 heavy (non-hydrogen) atoms. The molecule has 3 aromatic carbocycles. The van der Waals surface area contributed by atoms with Crippen LogP contribution in [-0.2, 0) is 37.2 Å². The molecule has 0 unspecified atom stereocenters. The molecule has 5 rings (SSSR count). The number of ether oxygens (including phenoxy) is 5. The number of nitro benzene ring substituents is 1. The molecule has 1 fully saturated rings. The van der Waals surface area contributed by atoms with Crippen molar-refractivity contribution in [2.24, 2.45) is 0 Å². The number of rotatable bonds is 14. The van der Waals surface area contributed by atoms with Crippen LogP contribution in [0.5, 0.6) is 23.0 Å². The van der Waals surface area contributed by atoms with Gasteiger partial charge in [-0.1, -0.05) is 18.2 Å². The van der Waals surface area contributed by atoms with Crippen molar-refractivity contribution in [1.82, 2.24) is 4.31 Å². The maximum absolute atomic E-state index is 14.0. The molecule has 1 saturated heterocycles. The van der Waals surface area contributed by atoms with E-state index in [-0.39, 0.29) is 42.4 Å². The summed E-state index contributed by atoms with van der Waals surface area (Å²) in [6.07, 6.45) is 1.40. The Bertz CT molecular complexity index is 1800. The van der Waals surface area contributed by atoms with E-state index in [4.69, 9.17) is 28.8 Å². The molecule has 1 N–H and O–H groups in total. The van der Waals surface area contributed by atoms with Crippen LogP contribution < -0.4 is 18.9 Å². The van der Waals surface area contributed by atoms with Crippen molar-refractivity contribution >= 4 is 27.6 Å². The third kappa shape index (κ3) is 7.63. The molecule has 0 spiro atoms. The maximum atomic E-state index is 14.0. The Morgan fingerprint density at radius 3 is 2.60 bits per heavy atom. The highest BCUT2D eigenvalue weighted by Crippen LogP contribution is 2.40. The average Bonchev–Trinajstić information content (AvgIpc) is 3.57. The molecule has 14 nitrogen and oxygen atoms in total. The smallest absolute Gasteiger partial charge is 0.341 e. The summed E-state index contributed by atoms with van der Waals surface area (Å²) in [7, 11) is -1.30. The monoisotopic (exact) mass is 684 g/mol. The third-order valence-corrected chi connectivity index (χ3v) is 10.1. The number of methoxy groups -OCH3 is 2. The van der Waals surface area contributed by atoms with Gasteiger partial charge in [0.2, 0.25) is 15.8 Å². The fraction of sp³-hybridized carbons (Fsp3) is 0.394. The molecule has 3 aromatic rings. The lowest BCUT2D eigenvalue weighted by molar-refractivity contribution is -0.385. The topological polar surface area (TPSA) is 181 Å². The van der Waals surface area contributed by atoms with Crippen LogP contribution in [0.25, 0.3) is 0 Å². The van der Waals surface area contributed by atoms with Crippen LogP contribution in [0.3, 0.4) is 0 Å². The Labute approximate surface area is 277 Å². The predicted octanol–water partition coefficient (Wildman–Crippen LogP) is 4.47. The van der Waals surface area contributed by atoms with E-state index in [2.05, 4.69) is 0 Å². The van der Waals surface area contributed by atoms with Crippen LogP contribution in [0.15, 0.2) is 59.5 Å². The van der Waals surface area contributed by atoms with Gasteiger partial charge in [0.1, 0.15) is 17.9 Å². The van der Waals surface area contributed by atoms with Gasteiger partial charge in [-0.05, 0) is 73.6 Å². The van der Waals surface area contributed by atoms with E-state index in [1.54, 1.807) is 36.4 Å². The van der Waals surface area contributed by atoms with Gasteiger partial charge < -0.3 is 28.8 Å². The Morgan fingerprint density at radius 2 is 1.88 bits per heavy atom. The van der Waals surface area contributed by atoms with Crippen LogP contribution >= 0.6 is 0 Å². The fourth-order valence-corrected chi connectivity index (χ4v) is 7.62. The molecule has 2 aliphatic heterocycles. The summed E-state index contributed by atoms with van der Waals surface area (Å²) >= 11 is 0. The Kier molecular flexibility index (Phi) is 10.7. The maximum Gasteiger partial charge on any atom is 0.341 e. The molecule has 2 heterocycles. The van der Waals surface area contributed by atoms with E-state index >= 15 is 0 Å². The predicted molar refractivity (Wildman–Crippen MR) is 170 cm³/mol. The molecule has 0 bridgehead atoms. The molecule has 0 radical (unpaired) electrons. The minimum Gasteiger partial charge on any atom is -0.493 e. The minimum atomic E-state index is -4.35. The van der Waals surface area contributed by atoms with Gasteiger partial charge in [-0.15, -0.1) is 0 Å². The number of carbonyl (C=O) groups is 2. The van der Waals surface area contributed by atoms with Crippen LogP contribution in [0.4, 0.5) is 5.69 Å². The molecule has 0 aliphatic carbocycles. The summed E-state index contributed by atoms with van der Waals surface area (Å²) in [6.45, 7) is -0.342.